The first-order valence-electron chi connectivity index (χ1n) is 17.1. The van der Waals surface area contributed by atoms with Crippen molar-refractivity contribution in [1.82, 2.24) is 5.32 Å². The van der Waals surface area contributed by atoms with E-state index in [1.165, 1.54) is 12.1 Å². The average Bonchev–Trinajstić information content (AvgIpc) is 3.08. The van der Waals surface area contributed by atoms with Crippen LogP contribution in [0.2, 0.25) is 0 Å². The van der Waals surface area contributed by atoms with Crippen LogP contribution >= 0.6 is 0 Å². The number of ether oxygens (including phenoxy) is 1. The highest BCUT2D eigenvalue weighted by Gasteiger charge is 2.31. The van der Waals surface area contributed by atoms with Crippen LogP contribution in [0.4, 0.5) is 31.1 Å². The van der Waals surface area contributed by atoms with E-state index in [4.69, 9.17) is 10.5 Å². The molecule has 0 radical (unpaired) electrons. The lowest BCUT2D eigenvalue weighted by Gasteiger charge is -2.19. The van der Waals surface area contributed by atoms with Crippen molar-refractivity contribution in [2.24, 2.45) is 5.73 Å². The summed E-state index contributed by atoms with van der Waals surface area (Å²) >= 11 is 0. The Morgan fingerprint density at radius 1 is 0.623 bits per heavy atom. The number of benzene rings is 4. The highest BCUT2D eigenvalue weighted by atomic mass is 19.4. The molecule has 3 N–H and O–H groups in total. The smallest absolute Gasteiger partial charge is 0.416 e. The summed E-state index contributed by atoms with van der Waals surface area (Å²) in [5, 5.41) is 2.60. The molecule has 6 nitrogen and oxygen atoms in total. The van der Waals surface area contributed by atoms with Crippen molar-refractivity contribution in [2.75, 3.05) is 13.1 Å². The van der Waals surface area contributed by atoms with Crippen molar-refractivity contribution in [3.63, 3.8) is 0 Å². The Hall–Kier alpha value is -4.97. The molecule has 4 aromatic carbocycles. The zero-order valence-electron chi connectivity index (χ0n) is 29.9. The zero-order valence-corrected chi connectivity index (χ0v) is 29.9. The minimum atomic E-state index is -4.41. The summed E-state index contributed by atoms with van der Waals surface area (Å²) in [5.41, 5.74) is 6.87. The molecule has 0 fully saturated rings. The normalized spacial score (nSPS) is 11.7. The van der Waals surface area contributed by atoms with Crippen molar-refractivity contribution in [2.45, 2.75) is 77.2 Å². The van der Waals surface area contributed by atoms with Gasteiger partial charge in [-0.05, 0) is 87.4 Å². The summed E-state index contributed by atoms with van der Waals surface area (Å²) in [5.74, 6) is -0.151. The highest BCUT2D eigenvalue weighted by molar-refractivity contribution is 5.98. The second-order valence-corrected chi connectivity index (χ2v) is 13.3. The van der Waals surface area contributed by atoms with Gasteiger partial charge in [-0.2, -0.15) is 26.3 Å². The van der Waals surface area contributed by atoms with E-state index >= 15 is 0 Å². The summed E-state index contributed by atoms with van der Waals surface area (Å²) in [7, 11) is 0. The molecule has 12 heteroatoms. The molecule has 0 unspecified atom stereocenters. The fraction of sp³-hybridized carbons (Fsp3) is 0.341. The molecular weight excluding hydrogens is 698 g/mol. The molecule has 284 valence electrons. The SMILES string of the molecule is CC(C)(C)OC(=O)NCCCC(=O)c1ccccc1Cc1cccc(C(F)(F)F)c1.NCCCC(=O)c1ccccc1Cc1cccc(C(F)(F)F)c1. The molecule has 0 aromatic heterocycles. The molecule has 0 saturated carbocycles. The molecule has 0 saturated heterocycles. The third-order valence-electron chi connectivity index (χ3n) is 7.79. The monoisotopic (exact) mass is 742 g/mol. The Kier molecular flexibility index (Phi) is 15.4. The van der Waals surface area contributed by atoms with E-state index in [0.717, 1.165) is 29.8 Å². The maximum atomic E-state index is 12.9. The highest BCUT2D eigenvalue weighted by Crippen LogP contribution is 2.31. The van der Waals surface area contributed by atoms with Crippen molar-refractivity contribution >= 4 is 17.7 Å². The van der Waals surface area contributed by atoms with Crippen molar-refractivity contribution in [3.05, 3.63) is 142 Å². The van der Waals surface area contributed by atoms with Crippen LogP contribution in [0.1, 0.15) is 101 Å². The topological polar surface area (TPSA) is 98.5 Å². The van der Waals surface area contributed by atoms with Crippen molar-refractivity contribution < 1.29 is 45.5 Å². The lowest BCUT2D eigenvalue weighted by molar-refractivity contribution is -0.138. The zero-order chi connectivity index (χ0) is 39.2. The Morgan fingerprint density at radius 3 is 1.47 bits per heavy atom. The van der Waals surface area contributed by atoms with E-state index in [1.807, 2.05) is 0 Å². The van der Waals surface area contributed by atoms with Crippen LogP contribution < -0.4 is 11.1 Å². The van der Waals surface area contributed by atoms with E-state index in [2.05, 4.69) is 5.32 Å². The summed E-state index contributed by atoms with van der Waals surface area (Å²) in [6, 6.07) is 24.2. The number of alkyl halides is 6. The molecule has 4 rings (SSSR count). The number of Topliss-reactive ketones (excluding diaryl/α,β-unsaturated/α-hetero) is 2. The van der Waals surface area contributed by atoms with Gasteiger partial charge < -0.3 is 15.8 Å². The molecule has 0 aliphatic heterocycles. The number of carbonyl (C=O) groups excluding carboxylic acids is 3. The predicted octanol–water partition coefficient (Wildman–Crippen LogP) is 10.0. The van der Waals surface area contributed by atoms with E-state index in [9.17, 15) is 40.7 Å². The van der Waals surface area contributed by atoms with Gasteiger partial charge in [-0.1, -0.05) is 84.9 Å². The summed E-state index contributed by atoms with van der Waals surface area (Å²) in [4.78, 5) is 36.5. The third kappa shape index (κ3) is 14.5. The van der Waals surface area contributed by atoms with Crippen LogP contribution in [0, 0.1) is 0 Å². The quantitative estimate of drug-likeness (QED) is 0.0808. The number of hydrogen-bond donors (Lipinski definition) is 2. The molecule has 0 aliphatic carbocycles. The first-order valence-corrected chi connectivity index (χ1v) is 17.1. The lowest BCUT2D eigenvalue weighted by atomic mass is 9.95. The molecule has 0 bridgehead atoms. The second-order valence-electron chi connectivity index (χ2n) is 13.3. The Morgan fingerprint density at radius 2 is 1.06 bits per heavy atom. The summed E-state index contributed by atoms with van der Waals surface area (Å²) < 4.78 is 82.3. The van der Waals surface area contributed by atoms with Gasteiger partial charge in [-0.15, -0.1) is 0 Å². The maximum Gasteiger partial charge on any atom is 0.416 e. The van der Waals surface area contributed by atoms with Gasteiger partial charge in [0.15, 0.2) is 11.6 Å². The number of ketones is 2. The van der Waals surface area contributed by atoms with Crippen LogP contribution in [0.15, 0.2) is 97.1 Å². The van der Waals surface area contributed by atoms with E-state index < -0.39 is 35.2 Å². The third-order valence-corrected chi connectivity index (χ3v) is 7.79. The fourth-order valence-corrected chi connectivity index (χ4v) is 5.33. The Labute approximate surface area is 305 Å². The molecule has 0 spiro atoms. The molecule has 53 heavy (non-hydrogen) atoms. The van der Waals surface area contributed by atoms with Crippen LogP contribution in [0.3, 0.4) is 0 Å². The number of nitrogens with two attached hydrogens (primary N) is 1. The van der Waals surface area contributed by atoms with Crippen molar-refractivity contribution in [3.8, 4) is 0 Å². The summed E-state index contributed by atoms with van der Waals surface area (Å²) in [6.45, 7) is 6.00. The van der Waals surface area contributed by atoms with Gasteiger partial charge >= 0.3 is 18.4 Å². The van der Waals surface area contributed by atoms with E-state index in [1.54, 1.807) is 81.4 Å². The molecular formula is C41H44F6N2O4. The average molecular weight is 743 g/mol. The van der Waals surface area contributed by atoms with Gasteiger partial charge in [-0.3, -0.25) is 9.59 Å². The number of carbonyl (C=O) groups is 3. The number of hydrogen-bond acceptors (Lipinski definition) is 5. The van der Waals surface area contributed by atoms with Gasteiger partial charge in [0.25, 0.3) is 0 Å². The number of rotatable bonds is 13. The second kappa shape index (κ2) is 19.2. The largest absolute Gasteiger partial charge is 0.444 e. The van der Waals surface area contributed by atoms with Crippen LogP contribution in [-0.2, 0) is 29.9 Å². The van der Waals surface area contributed by atoms with Crippen LogP contribution in [0.25, 0.3) is 0 Å². The lowest BCUT2D eigenvalue weighted by Crippen LogP contribution is -2.33. The number of alkyl carbamates (subject to hydrolysis) is 1. The standard InChI is InChI=1S/C23H26F3NO3.C18H18F3NO/c1-22(2,3)30-21(29)27-13-7-12-20(28)19-11-5-4-9-17(19)14-16-8-6-10-18(15-16)23(24,25)26;19-18(20,21)15-7-3-5-13(12-15)11-14-6-1-2-8-16(14)17(23)9-4-10-22/h4-6,8-11,15H,7,12-14H2,1-3H3,(H,27,29);1-3,5-8,12H,4,9-11,22H2. The molecule has 1 amide bonds. The Balaban J connectivity index is 0.000000295. The molecule has 4 aromatic rings. The molecule has 0 aliphatic rings. The van der Waals surface area contributed by atoms with Gasteiger partial charge in [0.05, 0.1) is 11.1 Å². The maximum absolute atomic E-state index is 12.9. The number of nitrogens with one attached hydrogen (secondary N) is 1. The Bertz CT molecular complexity index is 1830. The summed E-state index contributed by atoms with van der Waals surface area (Å²) in [6.07, 6.45) is -7.24. The molecule has 0 atom stereocenters. The van der Waals surface area contributed by atoms with Gasteiger partial charge in [0.1, 0.15) is 5.60 Å². The van der Waals surface area contributed by atoms with Crippen molar-refractivity contribution in [1.29, 1.82) is 0 Å². The van der Waals surface area contributed by atoms with E-state index in [0.29, 0.717) is 53.6 Å². The number of amides is 1. The van der Waals surface area contributed by atoms with Gasteiger partial charge in [0, 0.05) is 30.5 Å². The number of halogens is 6. The predicted molar refractivity (Wildman–Crippen MR) is 192 cm³/mol. The fourth-order valence-electron chi connectivity index (χ4n) is 5.33. The van der Waals surface area contributed by atoms with Crippen LogP contribution in [-0.4, -0.2) is 36.4 Å². The van der Waals surface area contributed by atoms with Gasteiger partial charge in [0.2, 0.25) is 0 Å². The minimum absolute atomic E-state index is 0.0296. The van der Waals surface area contributed by atoms with E-state index in [-0.39, 0.29) is 37.4 Å². The first-order chi connectivity index (χ1) is 24.9. The molecule has 0 heterocycles. The first kappa shape index (κ1) is 42.4. The minimum Gasteiger partial charge on any atom is -0.444 e. The van der Waals surface area contributed by atoms with Gasteiger partial charge in [-0.25, -0.2) is 4.79 Å². The van der Waals surface area contributed by atoms with Crippen LogP contribution in [0.5, 0.6) is 0 Å².